The first kappa shape index (κ1) is 19.2. The van der Waals surface area contributed by atoms with E-state index < -0.39 is 6.61 Å². The van der Waals surface area contributed by atoms with E-state index in [1.54, 1.807) is 18.2 Å². The van der Waals surface area contributed by atoms with E-state index in [1.165, 1.54) is 7.11 Å². The number of aliphatic imine (C=N–C) groups is 1. The molecule has 8 heteroatoms. The van der Waals surface area contributed by atoms with Crippen molar-refractivity contribution in [3.8, 4) is 11.5 Å². The molecule has 0 aromatic heterocycles. The van der Waals surface area contributed by atoms with Gasteiger partial charge in [-0.2, -0.15) is 8.78 Å². The van der Waals surface area contributed by atoms with Gasteiger partial charge in [0, 0.05) is 26.2 Å². The average molecular weight is 357 g/mol. The van der Waals surface area contributed by atoms with Gasteiger partial charge in [0.25, 0.3) is 0 Å². The molecule has 1 aliphatic heterocycles. The van der Waals surface area contributed by atoms with E-state index in [1.807, 2.05) is 11.8 Å². The molecule has 140 valence electrons. The fourth-order valence-electron chi connectivity index (χ4n) is 2.72. The molecule has 6 nitrogen and oxygen atoms in total. The Morgan fingerprint density at radius 2 is 2.24 bits per heavy atom. The lowest BCUT2D eigenvalue weighted by molar-refractivity contribution is -0.0512. The Kier molecular flexibility index (Phi) is 7.24. The number of hydrogen-bond acceptors (Lipinski definition) is 4. The molecule has 1 aliphatic rings. The van der Waals surface area contributed by atoms with Gasteiger partial charge in [-0.1, -0.05) is 6.07 Å². The third-order valence-electron chi connectivity index (χ3n) is 3.90. The van der Waals surface area contributed by atoms with Gasteiger partial charge in [-0.15, -0.1) is 0 Å². The third kappa shape index (κ3) is 5.74. The molecule has 1 aromatic carbocycles. The van der Waals surface area contributed by atoms with E-state index in [0.717, 1.165) is 31.0 Å². The molecule has 0 spiro atoms. The molecule has 2 N–H and O–H groups in total. The summed E-state index contributed by atoms with van der Waals surface area (Å²) in [6.07, 6.45) is 0.992. The summed E-state index contributed by atoms with van der Waals surface area (Å²) in [6.45, 7) is 1.65. The number of nitrogens with zero attached hydrogens (tertiary/aromatic N) is 2. The number of β-amino-alcohol motifs (C(OH)–C–C–N with tert-alkyl or cyclic N) is 1. The van der Waals surface area contributed by atoms with Gasteiger partial charge in [0.15, 0.2) is 17.5 Å². The fraction of sp³-hybridized carbons (Fsp3) is 0.588. The number of guanidine groups is 1. The highest BCUT2D eigenvalue weighted by atomic mass is 19.3. The Morgan fingerprint density at radius 3 is 2.84 bits per heavy atom. The minimum atomic E-state index is -2.90. The summed E-state index contributed by atoms with van der Waals surface area (Å²) >= 11 is 0. The molecule has 0 bridgehead atoms. The predicted octanol–water partition coefficient (Wildman–Crippen LogP) is 1.87. The Morgan fingerprint density at radius 1 is 1.44 bits per heavy atom. The highest BCUT2D eigenvalue weighted by molar-refractivity contribution is 5.80. The predicted molar refractivity (Wildman–Crippen MR) is 91.5 cm³/mol. The van der Waals surface area contributed by atoms with E-state index in [9.17, 15) is 13.9 Å². The van der Waals surface area contributed by atoms with Gasteiger partial charge in [0.05, 0.1) is 13.2 Å². The zero-order valence-corrected chi connectivity index (χ0v) is 14.5. The van der Waals surface area contributed by atoms with Crippen LogP contribution in [0.1, 0.15) is 18.9 Å². The van der Waals surface area contributed by atoms with Crippen molar-refractivity contribution in [1.82, 2.24) is 10.2 Å². The first-order valence-electron chi connectivity index (χ1n) is 8.36. The summed E-state index contributed by atoms with van der Waals surface area (Å²) < 4.78 is 34.5. The summed E-state index contributed by atoms with van der Waals surface area (Å²) in [6, 6.07) is 4.96. The smallest absolute Gasteiger partial charge is 0.387 e. The van der Waals surface area contributed by atoms with Gasteiger partial charge in [0.1, 0.15) is 0 Å². The molecule has 0 aliphatic carbocycles. The minimum Gasteiger partial charge on any atom is -0.493 e. The van der Waals surface area contributed by atoms with E-state index in [4.69, 9.17) is 4.74 Å². The molecule has 2 rings (SSSR count). The Labute approximate surface area is 146 Å². The summed E-state index contributed by atoms with van der Waals surface area (Å²) in [4.78, 5) is 6.58. The lowest BCUT2D eigenvalue weighted by atomic mass is 10.1. The van der Waals surface area contributed by atoms with Gasteiger partial charge < -0.3 is 24.8 Å². The minimum absolute atomic E-state index is 0.0218. The summed E-state index contributed by atoms with van der Waals surface area (Å²) in [5.74, 6) is 1.05. The molecule has 1 atom stereocenters. The third-order valence-corrected chi connectivity index (χ3v) is 3.90. The van der Waals surface area contributed by atoms with Crippen LogP contribution in [-0.4, -0.2) is 62.0 Å². The van der Waals surface area contributed by atoms with Crippen molar-refractivity contribution in [3.05, 3.63) is 23.8 Å². The van der Waals surface area contributed by atoms with Crippen LogP contribution in [-0.2, 0) is 6.42 Å². The zero-order chi connectivity index (χ0) is 18.2. The standard InChI is InChI=1S/C17H25F2N3O3/c1-3-20-17(22-9-7-13(23)11-22)21-8-6-12-4-5-14(24-2)15(10-12)25-16(18)19/h4-5,10,13,16,23H,3,6-9,11H2,1-2H3,(H,20,21)/t13-/m1/s1. The van der Waals surface area contributed by atoms with Crippen LogP contribution in [0.2, 0.25) is 0 Å². The highest BCUT2D eigenvalue weighted by Crippen LogP contribution is 2.29. The van der Waals surface area contributed by atoms with Crippen molar-refractivity contribution in [3.63, 3.8) is 0 Å². The molecule has 25 heavy (non-hydrogen) atoms. The lowest BCUT2D eigenvalue weighted by Gasteiger charge is -2.21. The second kappa shape index (κ2) is 9.41. The van der Waals surface area contributed by atoms with Crippen molar-refractivity contribution >= 4 is 5.96 Å². The number of alkyl halides is 2. The largest absolute Gasteiger partial charge is 0.493 e. The van der Waals surface area contributed by atoms with Gasteiger partial charge in [-0.05, 0) is 37.5 Å². The number of likely N-dealkylation sites (tertiary alicyclic amines) is 1. The van der Waals surface area contributed by atoms with Gasteiger partial charge in [0.2, 0.25) is 0 Å². The van der Waals surface area contributed by atoms with Crippen molar-refractivity contribution in [1.29, 1.82) is 0 Å². The molecule has 1 aromatic rings. The van der Waals surface area contributed by atoms with Crippen LogP contribution >= 0.6 is 0 Å². The average Bonchev–Trinajstić information content (AvgIpc) is 3.00. The number of halogens is 2. The fourth-order valence-corrected chi connectivity index (χ4v) is 2.72. The first-order valence-corrected chi connectivity index (χ1v) is 8.36. The molecule has 1 fully saturated rings. The molecule has 1 saturated heterocycles. The van der Waals surface area contributed by atoms with Gasteiger partial charge in [-0.3, -0.25) is 4.99 Å². The lowest BCUT2D eigenvalue weighted by Crippen LogP contribution is -2.40. The van der Waals surface area contributed by atoms with Gasteiger partial charge >= 0.3 is 6.61 Å². The summed E-state index contributed by atoms with van der Waals surface area (Å²) in [7, 11) is 1.41. The van der Waals surface area contributed by atoms with Crippen molar-refractivity contribution in [2.24, 2.45) is 4.99 Å². The monoisotopic (exact) mass is 357 g/mol. The topological polar surface area (TPSA) is 66.3 Å². The highest BCUT2D eigenvalue weighted by Gasteiger charge is 2.22. The number of benzene rings is 1. The van der Waals surface area contributed by atoms with Crippen molar-refractivity contribution in [2.45, 2.75) is 32.5 Å². The Bertz CT molecular complexity index is 584. The SMILES string of the molecule is CCNC(=NCCc1ccc(OC)c(OC(F)F)c1)N1CC[C@@H](O)C1. The maximum absolute atomic E-state index is 12.5. The molecule has 0 unspecified atom stereocenters. The second-order valence-electron chi connectivity index (χ2n) is 5.74. The van der Waals surface area contributed by atoms with Gasteiger partial charge in [-0.25, -0.2) is 0 Å². The van der Waals surface area contributed by atoms with Crippen LogP contribution in [0.25, 0.3) is 0 Å². The van der Waals surface area contributed by atoms with Crippen molar-refractivity contribution in [2.75, 3.05) is 33.3 Å². The number of hydrogen-bond donors (Lipinski definition) is 2. The summed E-state index contributed by atoms with van der Waals surface area (Å²) in [5, 5.41) is 12.9. The van der Waals surface area contributed by atoms with E-state index in [2.05, 4.69) is 15.0 Å². The molecular formula is C17H25F2N3O3. The molecule has 0 radical (unpaired) electrons. The van der Waals surface area contributed by atoms with Crippen LogP contribution in [0, 0.1) is 0 Å². The Balaban J connectivity index is 2.01. The quantitative estimate of drug-likeness (QED) is 0.576. The molecule has 1 heterocycles. The Hall–Kier alpha value is -2.09. The summed E-state index contributed by atoms with van der Waals surface area (Å²) in [5.41, 5.74) is 0.831. The number of nitrogens with one attached hydrogen (secondary N) is 1. The number of rotatable bonds is 7. The van der Waals surface area contributed by atoms with Crippen LogP contribution in [0.4, 0.5) is 8.78 Å². The number of aliphatic hydroxyl groups is 1. The van der Waals surface area contributed by atoms with Crippen LogP contribution in [0.5, 0.6) is 11.5 Å². The molecule has 0 saturated carbocycles. The van der Waals surface area contributed by atoms with Crippen LogP contribution < -0.4 is 14.8 Å². The zero-order valence-electron chi connectivity index (χ0n) is 14.5. The molecule has 0 amide bonds. The maximum atomic E-state index is 12.5. The van der Waals surface area contributed by atoms with Crippen molar-refractivity contribution < 1.29 is 23.4 Å². The van der Waals surface area contributed by atoms with E-state index in [-0.39, 0.29) is 17.6 Å². The van der Waals surface area contributed by atoms with E-state index in [0.29, 0.717) is 19.5 Å². The maximum Gasteiger partial charge on any atom is 0.387 e. The normalized spacial score (nSPS) is 17.9. The number of methoxy groups -OCH3 is 1. The second-order valence-corrected chi connectivity index (χ2v) is 5.74. The number of ether oxygens (including phenoxy) is 2. The molecular weight excluding hydrogens is 332 g/mol. The van der Waals surface area contributed by atoms with Crippen LogP contribution in [0.15, 0.2) is 23.2 Å². The van der Waals surface area contributed by atoms with E-state index >= 15 is 0 Å². The number of aliphatic hydroxyl groups excluding tert-OH is 1. The first-order chi connectivity index (χ1) is 12.0. The van der Waals surface area contributed by atoms with Crippen LogP contribution in [0.3, 0.4) is 0 Å².